The van der Waals surface area contributed by atoms with Crippen LogP contribution in [0.15, 0.2) is 34.1 Å². The maximum absolute atomic E-state index is 13.1. The Morgan fingerprint density at radius 2 is 1.77 bits per heavy atom. The Hall–Kier alpha value is -2.78. The van der Waals surface area contributed by atoms with Crippen LogP contribution in [0.1, 0.15) is 62.8 Å². The number of aliphatic hydroxyl groups excluding tert-OH is 2. The van der Waals surface area contributed by atoms with Crippen LogP contribution in [-0.4, -0.2) is 54.4 Å². The van der Waals surface area contributed by atoms with Crippen molar-refractivity contribution in [2.24, 2.45) is 0 Å². The van der Waals surface area contributed by atoms with E-state index < -0.39 is 49.4 Å². The first-order valence-electron chi connectivity index (χ1n) is 9.70. The minimum absolute atomic E-state index is 0.0205. The van der Waals surface area contributed by atoms with Crippen LogP contribution in [0.5, 0.6) is 0 Å². The molecule has 1 fully saturated rings. The van der Waals surface area contributed by atoms with E-state index in [9.17, 15) is 33.0 Å². The number of ketones is 3. The molecule has 9 heteroatoms. The second-order valence-corrected chi connectivity index (χ2v) is 10.5. The topological polar surface area (TPSA) is 138 Å². The summed E-state index contributed by atoms with van der Waals surface area (Å²) < 4.78 is 25.0. The monoisotopic (exact) mass is 429 g/mol. The fourth-order valence-corrected chi connectivity index (χ4v) is 6.50. The molecule has 156 valence electrons. The highest BCUT2D eigenvalue weighted by Crippen LogP contribution is 2.50. The van der Waals surface area contributed by atoms with E-state index in [1.54, 1.807) is 0 Å². The molecule has 0 radical (unpaired) electrons. The Bertz CT molecular complexity index is 1250. The van der Waals surface area contributed by atoms with Crippen LogP contribution < -0.4 is 5.32 Å². The predicted molar refractivity (Wildman–Crippen MR) is 105 cm³/mol. The zero-order valence-electron chi connectivity index (χ0n) is 16.1. The largest absolute Gasteiger partial charge is 0.504 e. The second kappa shape index (κ2) is 5.89. The molecule has 3 aliphatic carbocycles. The van der Waals surface area contributed by atoms with E-state index in [-0.39, 0.29) is 41.1 Å². The lowest BCUT2D eigenvalue weighted by atomic mass is 9.61. The van der Waals surface area contributed by atoms with Crippen LogP contribution in [0.3, 0.4) is 0 Å². The van der Waals surface area contributed by atoms with Gasteiger partial charge in [0.15, 0.2) is 15.6 Å². The number of allylic oxidation sites excluding steroid dienone is 3. The van der Waals surface area contributed by atoms with Crippen LogP contribution >= 0.6 is 0 Å². The summed E-state index contributed by atoms with van der Waals surface area (Å²) in [6.07, 6.45) is 0.322. The fourth-order valence-electron chi connectivity index (χ4n) is 5.05. The number of nitrogens with one attached hydrogen (secondary N) is 1. The lowest BCUT2D eigenvalue weighted by molar-refractivity contribution is 0.0923. The van der Waals surface area contributed by atoms with Gasteiger partial charge in [0.1, 0.15) is 10.6 Å². The van der Waals surface area contributed by atoms with Gasteiger partial charge in [0.2, 0.25) is 17.3 Å². The molecule has 0 spiro atoms. The molecular formula is C21H19NO7S. The van der Waals surface area contributed by atoms with Crippen molar-refractivity contribution >= 4 is 27.2 Å². The smallest absolute Gasteiger partial charge is 0.227 e. The summed E-state index contributed by atoms with van der Waals surface area (Å²) in [6, 6.07) is 2.73. The van der Waals surface area contributed by atoms with Crippen LogP contribution in [0.2, 0.25) is 0 Å². The third kappa shape index (κ3) is 2.30. The number of carbonyl (C=O) groups excluding carboxylic acids is 3. The van der Waals surface area contributed by atoms with Gasteiger partial charge < -0.3 is 15.5 Å². The van der Waals surface area contributed by atoms with E-state index in [1.807, 2.05) is 6.92 Å². The summed E-state index contributed by atoms with van der Waals surface area (Å²) in [5.74, 6) is -2.80. The molecule has 3 N–H and O–H groups in total. The first-order valence-corrected chi connectivity index (χ1v) is 11.4. The summed E-state index contributed by atoms with van der Waals surface area (Å²) in [4.78, 5) is 38.5. The number of hydrogen-bond donors (Lipinski definition) is 3. The van der Waals surface area contributed by atoms with Crippen molar-refractivity contribution in [3.63, 3.8) is 0 Å². The average molecular weight is 429 g/mol. The van der Waals surface area contributed by atoms with Crippen LogP contribution in [0.25, 0.3) is 0 Å². The molecule has 5 rings (SSSR count). The maximum atomic E-state index is 13.1. The summed E-state index contributed by atoms with van der Waals surface area (Å²) >= 11 is 0. The molecule has 1 heterocycles. The molecule has 4 aliphatic rings. The number of sulfone groups is 1. The molecule has 0 amide bonds. The zero-order valence-corrected chi connectivity index (χ0v) is 16.9. The van der Waals surface area contributed by atoms with Gasteiger partial charge >= 0.3 is 0 Å². The number of hydrogen-bond acceptors (Lipinski definition) is 8. The highest BCUT2D eigenvalue weighted by atomic mass is 32.2. The highest BCUT2D eigenvalue weighted by Gasteiger charge is 2.48. The van der Waals surface area contributed by atoms with Gasteiger partial charge in [-0.15, -0.1) is 0 Å². The Kier molecular flexibility index (Phi) is 3.77. The molecule has 2 atom stereocenters. The second-order valence-electron chi connectivity index (χ2n) is 8.44. The lowest BCUT2D eigenvalue weighted by Gasteiger charge is -2.43. The number of carbonyl (C=O) groups is 3. The van der Waals surface area contributed by atoms with Crippen molar-refractivity contribution < 1.29 is 33.0 Å². The highest BCUT2D eigenvalue weighted by molar-refractivity contribution is 7.96. The fraction of sp³-hybridized carbons (Fsp3) is 0.381. The van der Waals surface area contributed by atoms with E-state index >= 15 is 0 Å². The Morgan fingerprint density at radius 1 is 1.07 bits per heavy atom. The quantitative estimate of drug-likeness (QED) is 0.558. The summed E-state index contributed by atoms with van der Waals surface area (Å²) in [7, 11) is -3.90. The van der Waals surface area contributed by atoms with Gasteiger partial charge in [-0.05, 0) is 42.5 Å². The third-order valence-corrected chi connectivity index (χ3v) is 8.47. The van der Waals surface area contributed by atoms with Crippen molar-refractivity contribution in [1.82, 2.24) is 5.32 Å². The Morgan fingerprint density at radius 3 is 2.50 bits per heavy atom. The molecule has 1 aliphatic heterocycles. The number of fused-ring (bicyclic) bond motifs is 4. The number of benzene rings is 1. The molecular weight excluding hydrogens is 410 g/mol. The van der Waals surface area contributed by atoms with Crippen molar-refractivity contribution in [2.75, 3.05) is 12.3 Å². The predicted octanol–water partition coefficient (Wildman–Crippen LogP) is 1.11. The third-order valence-electron chi connectivity index (χ3n) is 6.71. The molecule has 0 unspecified atom stereocenters. The van der Waals surface area contributed by atoms with E-state index in [4.69, 9.17) is 0 Å². The van der Waals surface area contributed by atoms with Gasteiger partial charge in [-0.3, -0.25) is 14.4 Å². The average Bonchev–Trinajstić information content (AvgIpc) is 2.70. The summed E-state index contributed by atoms with van der Waals surface area (Å²) in [6.45, 7) is 1.84. The van der Waals surface area contributed by atoms with Crippen molar-refractivity contribution in [3.8, 4) is 0 Å². The van der Waals surface area contributed by atoms with Crippen LogP contribution in [-0.2, 0) is 15.3 Å². The minimum atomic E-state index is -3.90. The summed E-state index contributed by atoms with van der Waals surface area (Å²) in [5, 5.41) is 23.3. The minimum Gasteiger partial charge on any atom is -0.504 e. The van der Waals surface area contributed by atoms with E-state index in [1.165, 1.54) is 12.1 Å². The normalized spacial score (nSPS) is 29.7. The molecule has 0 saturated heterocycles. The van der Waals surface area contributed by atoms with E-state index in [0.29, 0.717) is 24.0 Å². The van der Waals surface area contributed by atoms with Crippen LogP contribution in [0.4, 0.5) is 0 Å². The van der Waals surface area contributed by atoms with E-state index in [0.717, 1.165) is 0 Å². The van der Waals surface area contributed by atoms with Crippen molar-refractivity contribution in [3.05, 3.63) is 56.3 Å². The van der Waals surface area contributed by atoms with Crippen molar-refractivity contribution in [2.45, 2.75) is 37.7 Å². The maximum Gasteiger partial charge on any atom is 0.227 e. The summed E-state index contributed by atoms with van der Waals surface area (Å²) in [5.41, 5.74) is -0.162. The van der Waals surface area contributed by atoms with Crippen molar-refractivity contribution in [1.29, 1.82) is 0 Å². The number of aliphatic hydroxyl groups is 2. The molecule has 1 aromatic rings. The molecule has 0 bridgehead atoms. The van der Waals surface area contributed by atoms with Gasteiger partial charge in [-0.2, -0.15) is 0 Å². The van der Waals surface area contributed by atoms with Gasteiger partial charge in [0.25, 0.3) is 0 Å². The van der Waals surface area contributed by atoms with E-state index in [2.05, 4.69) is 5.32 Å². The lowest BCUT2D eigenvalue weighted by Crippen LogP contribution is -2.43. The number of Topliss-reactive ketones (excluding diaryl/α,β-unsaturated/α-hetero) is 3. The zero-order chi connectivity index (χ0) is 21.6. The Balaban J connectivity index is 1.76. The number of rotatable bonds is 0. The SMILES string of the molecule is C[C@@]12CC[C@H](O)CC1=C(O)C(=O)c1cc3c(cc12)C(=O)C1=C(NCCS1(=O)=O)C3=O. The Labute approximate surface area is 172 Å². The molecule has 1 saturated carbocycles. The van der Waals surface area contributed by atoms with Gasteiger partial charge in [0, 0.05) is 28.7 Å². The molecule has 0 aromatic heterocycles. The standard InChI is InChI=1S/C21H19NO7S/c1-21-3-2-9(23)6-14(21)19(27)17(25)12-7-10-11(8-13(12)21)18(26)20-15(16(10)24)22-4-5-30(20,28)29/h7-9,22-23,27H,2-6H2,1H3/t9-,21-/m0/s1. The van der Waals surface area contributed by atoms with Gasteiger partial charge in [-0.1, -0.05) is 6.92 Å². The first kappa shape index (κ1) is 19.2. The molecule has 30 heavy (non-hydrogen) atoms. The molecule has 1 aromatic carbocycles. The van der Waals surface area contributed by atoms with Gasteiger partial charge in [0.05, 0.1) is 11.9 Å². The van der Waals surface area contributed by atoms with Gasteiger partial charge in [-0.25, -0.2) is 8.42 Å². The van der Waals surface area contributed by atoms with Crippen LogP contribution in [0, 0.1) is 0 Å². The molecule has 8 nitrogen and oxygen atoms in total. The first-order chi connectivity index (χ1) is 14.1.